The first-order valence-corrected chi connectivity index (χ1v) is 3.59. The molecule has 1 aliphatic rings. The van der Waals surface area contributed by atoms with Crippen LogP contribution in [0.4, 0.5) is 4.39 Å². The molecule has 0 radical (unpaired) electrons. The fourth-order valence-corrected chi connectivity index (χ4v) is 1.22. The zero-order valence-corrected chi connectivity index (χ0v) is 6.08. The molecule has 0 aliphatic carbocycles. The smallest absolute Gasteiger partial charge is 0.164 e. The van der Waals surface area contributed by atoms with Gasteiger partial charge in [-0.1, -0.05) is 13.8 Å². The molecule has 0 saturated carbocycles. The normalized spacial score (nSPS) is 36.0. The summed E-state index contributed by atoms with van der Waals surface area (Å²) in [5, 5.41) is 2.87. The topological polar surface area (TPSA) is 12.0 Å². The summed E-state index contributed by atoms with van der Waals surface area (Å²) in [5.41, 5.74) is 0. The number of hydrogen-bond donors (Lipinski definition) is 1. The third-order valence-electron chi connectivity index (χ3n) is 2.05. The first-order chi connectivity index (χ1) is 4.15. The van der Waals surface area contributed by atoms with E-state index in [1.54, 1.807) is 0 Å². The van der Waals surface area contributed by atoms with Crippen molar-refractivity contribution in [3.05, 3.63) is 0 Å². The van der Waals surface area contributed by atoms with Crippen molar-refractivity contribution in [1.29, 1.82) is 0 Å². The average molecular weight is 131 g/mol. The van der Waals surface area contributed by atoms with Gasteiger partial charge in [0.25, 0.3) is 0 Å². The summed E-state index contributed by atoms with van der Waals surface area (Å²) in [7, 11) is 0. The van der Waals surface area contributed by atoms with Crippen LogP contribution in [-0.2, 0) is 0 Å². The molecule has 0 aromatic rings. The second-order valence-electron chi connectivity index (χ2n) is 3.05. The largest absolute Gasteiger partial charge is 0.285 e. The molecule has 0 aromatic carbocycles. The molecular weight excluding hydrogens is 117 g/mol. The van der Waals surface area contributed by atoms with Crippen molar-refractivity contribution >= 4 is 0 Å². The molecule has 0 spiro atoms. The van der Waals surface area contributed by atoms with E-state index in [9.17, 15) is 4.39 Å². The average Bonchev–Trinajstić information content (AvgIpc) is 2.16. The van der Waals surface area contributed by atoms with Crippen LogP contribution in [0.1, 0.15) is 26.7 Å². The molecule has 1 heterocycles. The molecule has 54 valence electrons. The summed E-state index contributed by atoms with van der Waals surface area (Å²) in [6, 6.07) is 0. The van der Waals surface area contributed by atoms with Crippen LogP contribution >= 0.6 is 0 Å². The second-order valence-corrected chi connectivity index (χ2v) is 3.05. The van der Waals surface area contributed by atoms with Gasteiger partial charge in [-0.05, 0) is 19.4 Å². The molecule has 1 fully saturated rings. The van der Waals surface area contributed by atoms with Crippen LogP contribution in [0.5, 0.6) is 0 Å². The highest BCUT2D eigenvalue weighted by atomic mass is 19.1. The van der Waals surface area contributed by atoms with Crippen LogP contribution in [0, 0.1) is 5.92 Å². The van der Waals surface area contributed by atoms with Crippen molar-refractivity contribution in [2.75, 3.05) is 6.54 Å². The lowest BCUT2D eigenvalue weighted by molar-refractivity contribution is 0.0828. The Kier molecular flexibility index (Phi) is 1.75. The van der Waals surface area contributed by atoms with E-state index in [4.69, 9.17) is 0 Å². The summed E-state index contributed by atoms with van der Waals surface area (Å²) in [6.07, 6.45) is 1.67. The van der Waals surface area contributed by atoms with Crippen molar-refractivity contribution in [2.45, 2.75) is 32.5 Å². The van der Waals surface area contributed by atoms with Crippen molar-refractivity contribution in [1.82, 2.24) is 5.32 Å². The molecule has 1 saturated heterocycles. The molecule has 1 aliphatic heterocycles. The van der Waals surface area contributed by atoms with E-state index in [0.717, 1.165) is 13.0 Å². The molecule has 9 heavy (non-hydrogen) atoms. The molecule has 1 rings (SSSR count). The van der Waals surface area contributed by atoms with Gasteiger partial charge in [0.15, 0.2) is 5.79 Å². The summed E-state index contributed by atoms with van der Waals surface area (Å²) in [5.74, 6) is -0.944. The van der Waals surface area contributed by atoms with E-state index in [-0.39, 0.29) is 5.92 Å². The van der Waals surface area contributed by atoms with E-state index >= 15 is 0 Å². The first kappa shape index (κ1) is 7.00. The summed E-state index contributed by atoms with van der Waals surface area (Å²) in [4.78, 5) is 0. The van der Waals surface area contributed by atoms with Gasteiger partial charge in [-0.25, -0.2) is 4.39 Å². The van der Waals surface area contributed by atoms with E-state index in [1.165, 1.54) is 0 Å². The standard InChI is InChI=1S/C7H14FN/c1-6(2)7(8)4-3-5-9-7/h6,9H,3-5H2,1-2H3. The Hall–Kier alpha value is -0.110. The highest BCUT2D eigenvalue weighted by Gasteiger charge is 2.35. The molecule has 1 nitrogen and oxygen atoms in total. The maximum absolute atomic E-state index is 13.3. The van der Waals surface area contributed by atoms with Gasteiger partial charge in [-0.3, -0.25) is 5.32 Å². The van der Waals surface area contributed by atoms with E-state index in [2.05, 4.69) is 5.32 Å². The van der Waals surface area contributed by atoms with E-state index < -0.39 is 5.79 Å². The minimum atomic E-state index is -1.06. The quantitative estimate of drug-likeness (QED) is 0.534. The lowest BCUT2D eigenvalue weighted by Crippen LogP contribution is -2.39. The van der Waals surface area contributed by atoms with Gasteiger partial charge in [-0.2, -0.15) is 0 Å². The van der Waals surface area contributed by atoms with Crippen molar-refractivity contribution in [3.63, 3.8) is 0 Å². The predicted molar refractivity (Wildman–Crippen MR) is 35.9 cm³/mol. The van der Waals surface area contributed by atoms with Gasteiger partial charge in [0.2, 0.25) is 0 Å². The van der Waals surface area contributed by atoms with Crippen LogP contribution in [0.25, 0.3) is 0 Å². The van der Waals surface area contributed by atoms with Gasteiger partial charge in [0.1, 0.15) is 0 Å². The maximum atomic E-state index is 13.3. The molecule has 1 N–H and O–H groups in total. The minimum Gasteiger partial charge on any atom is -0.285 e. The van der Waals surface area contributed by atoms with Gasteiger partial charge in [-0.15, -0.1) is 0 Å². The lowest BCUT2D eigenvalue weighted by Gasteiger charge is -2.23. The highest BCUT2D eigenvalue weighted by Crippen LogP contribution is 2.28. The van der Waals surface area contributed by atoms with Gasteiger partial charge in [0.05, 0.1) is 0 Å². The molecule has 1 unspecified atom stereocenters. The molecular formula is C7H14FN. The van der Waals surface area contributed by atoms with Gasteiger partial charge >= 0.3 is 0 Å². The number of nitrogens with one attached hydrogen (secondary N) is 1. The fourth-order valence-electron chi connectivity index (χ4n) is 1.22. The van der Waals surface area contributed by atoms with E-state index in [1.807, 2.05) is 13.8 Å². The zero-order chi connectivity index (χ0) is 6.91. The van der Waals surface area contributed by atoms with Gasteiger partial charge in [0, 0.05) is 5.92 Å². The Morgan fingerprint density at radius 1 is 1.56 bits per heavy atom. The summed E-state index contributed by atoms with van der Waals surface area (Å²) >= 11 is 0. The molecule has 0 aromatic heterocycles. The van der Waals surface area contributed by atoms with Crippen molar-refractivity contribution in [2.24, 2.45) is 5.92 Å². The highest BCUT2D eigenvalue weighted by molar-refractivity contribution is 4.85. The third kappa shape index (κ3) is 1.23. The summed E-state index contributed by atoms with van der Waals surface area (Å²) in [6.45, 7) is 4.67. The molecule has 1 atom stereocenters. The van der Waals surface area contributed by atoms with Crippen LogP contribution < -0.4 is 5.32 Å². The van der Waals surface area contributed by atoms with Crippen molar-refractivity contribution < 1.29 is 4.39 Å². The maximum Gasteiger partial charge on any atom is 0.164 e. The lowest BCUT2D eigenvalue weighted by atomic mass is 10.0. The zero-order valence-electron chi connectivity index (χ0n) is 6.08. The Labute approximate surface area is 55.6 Å². The molecule has 2 heteroatoms. The van der Waals surface area contributed by atoms with Crippen LogP contribution in [0.3, 0.4) is 0 Å². The molecule has 0 bridgehead atoms. The Morgan fingerprint density at radius 2 is 2.22 bits per heavy atom. The molecule has 0 amide bonds. The van der Waals surface area contributed by atoms with Crippen LogP contribution in [0.15, 0.2) is 0 Å². The fraction of sp³-hybridized carbons (Fsp3) is 1.00. The van der Waals surface area contributed by atoms with Crippen LogP contribution in [-0.4, -0.2) is 12.3 Å². The number of alkyl halides is 1. The Balaban J connectivity index is 2.51. The number of hydrogen-bond acceptors (Lipinski definition) is 1. The Morgan fingerprint density at radius 3 is 2.44 bits per heavy atom. The monoisotopic (exact) mass is 131 g/mol. The number of rotatable bonds is 1. The number of halogens is 1. The second kappa shape index (κ2) is 2.25. The first-order valence-electron chi connectivity index (χ1n) is 3.59. The summed E-state index contributed by atoms with van der Waals surface area (Å²) < 4.78 is 13.3. The predicted octanol–water partition coefficient (Wildman–Crippen LogP) is 1.69. The van der Waals surface area contributed by atoms with E-state index in [0.29, 0.717) is 6.42 Å². The third-order valence-corrected chi connectivity index (χ3v) is 2.05. The van der Waals surface area contributed by atoms with Crippen molar-refractivity contribution in [3.8, 4) is 0 Å². The van der Waals surface area contributed by atoms with Gasteiger partial charge < -0.3 is 0 Å². The minimum absolute atomic E-state index is 0.111. The van der Waals surface area contributed by atoms with Crippen LogP contribution in [0.2, 0.25) is 0 Å². The SMILES string of the molecule is CC(C)C1(F)CCCN1. The Bertz CT molecular complexity index is 95.1.